The summed E-state index contributed by atoms with van der Waals surface area (Å²) in [6.45, 7) is 4.48. The fraction of sp³-hybridized carbons (Fsp3) is 0.500. The summed E-state index contributed by atoms with van der Waals surface area (Å²) in [4.78, 5) is 0. The van der Waals surface area contributed by atoms with E-state index in [4.69, 9.17) is 9.84 Å². The van der Waals surface area contributed by atoms with Crippen LogP contribution in [0.3, 0.4) is 0 Å². The van der Waals surface area contributed by atoms with Gasteiger partial charge in [-0.15, -0.1) is 0 Å². The molecule has 0 aliphatic heterocycles. The Hall–Kier alpha value is -0.580. The van der Waals surface area contributed by atoms with Crippen LogP contribution in [0.15, 0.2) is 28.7 Å². The van der Waals surface area contributed by atoms with Gasteiger partial charge in [-0.25, -0.2) is 0 Å². The molecule has 0 aliphatic carbocycles. The van der Waals surface area contributed by atoms with Crippen LogP contribution in [-0.4, -0.2) is 31.4 Å². The summed E-state index contributed by atoms with van der Waals surface area (Å²) in [5.41, 5.74) is 0. The molecular formula is C12H18BrNO2. The third-order valence-electron chi connectivity index (χ3n) is 2.17. The highest BCUT2D eigenvalue weighted by atomic mass is 79.9. The Morgan fingerprint density at radius 3 is 2.69 bits per heavy atom. The monoisotopic (exact) mass is 287 g/mol. The van der Waals surface area contributed by atoms with E-state index in [0.29, 0.717) is 12.5 Å². The second-order valence-electron chi connectivity index (χ2n) is 3.79. The summed E-state index contributed by atoms with van der Waals surface area (Å²) < 4.78 is 6.58. The summed E-state index contributed by atoms with van der Waals surface area (Å²) in [7, 11) is 0. The second-order valence-corrected chi connectivity index (χ2v) is 4.71. The average molecular weight is 288 g/mol. The molecule has 16 heavy (non-hydrogen) atoms. The molecule has 90 valence electrons. The Morgan fingerprint density at radius 1 is 1.38 bits per heavy atom. The molecule has 0 spiro atoms. The first-order chi connectivity index (χ1) is 7.72. The number of hydrogen-bond donors (Lipinski definition) is 2. The van der Waals surface area contributed by atoms with Gasteiger partial charge in [-0.2, -0.15) is 0 Å². The van der Waals surface area contributed by atoms with Crippen molar-refractivity contribution in [2.75, 3.05) is 26.3 Å². The lowest BCUT2D eigenvalue weighted by Crippen LogP contribution is -2.27. The highest BCUT2D eigenvalue weighted by Gasteiger charge is 1.98. The molecule has 1 unspecified atom stereocenters. The van der Waals surface area contributed by atoms with Gasteiger partial charge in [-0.05, 0) is 30.2 Å². The van der Waals surface area contributed by atoms with Gasteiger partial charge in [0, 0.05) is 24.2 Å². The lowest BCUT2D eigenvalue weighted by atomic mass is 10.2. The predicted molar refractivity (Wildman–Crippen MR) is 68.8 cm³/mol. The first-order valence-electron chi connectivity index (χ1n) is 5.42. The van der Waals surface area contributed by atoms with Gasteiger partial charge in [0.15, 0.2) is 0 Å². The summed E-state index contributed by atoms with van der Waals surface area (Å²) in [6.07, 6.45) is 0. The van der Waals surface area contributed by atoms with E-state index in [1.807, 2.05) is 31.2 Å². The molecule has 0 aromatic heterocycles. The van der Waals surface area contributed by atoms with Gasteiger partial charge in [-0.1, -0.05) is 22.9 Å². The topological polar surface area (TPSA) is 41.5 Å². The Bertz CT molecular complexity index is 290. The molecule has 1 rings (SSSR count). The van der Waals surface area contributed by atoms with Crippen LogP contribution in [0.4, 0.5) is 0 Å². The average Bonchev–Trinajstić information content (AvgIpc) is 2.31. The molecule has 2 N–H and O–H groups in total. The van der Waals surface area contributed by atoms with Crippen LogP contribution < -0.4 is 10.1 Å². The molecule has 0 fully saturated rings. The summed E-state index contributed by atoms with van der Waals surface area (Å²) in [5.74, 6) is 1.17. The van der Waals surface area contributed by atoms with Crippen LogP contribution in [0.1, 0.15) is 6.92 Å². The largest absolute Gasteiger partial charge is 0.492 e. The van der Waals surface area contributed by atoms with Crippen molar-refractivity contribution in [2.24, 2.45) is 5.92 Å². The molecule has 0 heterocycles. The Morgan fingerprint density at radius 2 is 2.06 bits per heavy atom. The zero-order valence-electron chi connectivity index (χ0n) is 9.45. The van der Waals surface area contributed by atoms with Gasteiger partial charge in [0.25, 0.3) is 0 Å². The molecule has 0 amide bonds. The number of rotatable bonds is 7. The molecule has 0 aliphatic rings. The smallest absolute Gasteiger partial charge is 0.119 e. The molecule has 1 atom stereocenters. The first kappa shape index (κ1) is 13.5. The normalized spacial score (nSPS) is 12.4. The van der Waals surface area contributed by atoms with Gasteiger partial charge in [0.2, 0.25) is 0 Å². The number of halogens is 1. The maximum absolute atomic E-state index is 8.82. The van der Waals surface area contributed by atoms with E-state index in [2.05, 4.69) is 21.2 Å². The van der Waals surface area contributed by atoms with Crippen molar-refractivity contribution in [3.63, 3.8) is 0 Å². The van der Waals surface area contributed by atoms with Crippen molar-refractivity contribution >= 4 is 15.9 Å². The minimum absolute atomic E-state index is 0.223. The summed E-state index contributed by atoms with van der Waals surface area (Å²) in [5, 5.41) is 12.0. The van der Waals surface area contributed by atoms with E-state index in [0.717, 1.165) is 23.3 Å². The lowest BCUT2D eigenvalue weighted by molar-refractivity contribution is 0.230. The Balaban J connectivity index is 2.09. The SMILES string of the molecule is CC(CO)CNCCOc1ccc(Br)cc1. The lowest BCUT2D eigenvalue weighted by Gasteiger charge is -2.10. The molecule has 0 saturated heterocycles. The van der Waals surface area contributed by atoms with Crippen LogP contribution in [0.2, 0.25) is 0 Å². The highest BCUT2D eigenvalue weighted by Crippen LogP contribution is 2.15. The third-order valence-corrected chi connectivity index (χ3v) is 2.69. The number of nitrogens with one attached hydrogen (secondary N) is 1. The highest BCUT2D eigenvalue weighted by molar-refractivity contribution is 9.10. The van der Waals surface area contributed by atoms with Crippen molar-refractivity contribution in [3.8, 4) is 5.75 Å². The molecule has 1 aromatic carbocycles. The maximum Gasteiger partial charge on any atom is 0.119 e. The number of benzene rings is 1. The van der Waals surface area contributed by atoms with Crippen LogP contribution in [0.25, 0.3) is 0 Å². The van der Waals surface area contributed by atoms with E-state index < -0.39 is 0 Å². The molecular weight excluding hydrogens is 270 g/mol. The number of ether oxygens (including phenoxy) is 1. The van der Waals surface area contributed by atoms with Crippen molar-refractivity contribution in [2.45, 2.75) is 6.92 Å². The zero-order valence-corrected chi connectivity index (χ0v) is 11.0. The van der Waals surface area contributed by atoms with Crippen molar-refractivity contribution in [1.82, 2.24) is 5.32 Å². The van der Waals surface area contributed by atoms with Crippen molar-refractivity contribution < 1.29 is 9.84 Å². The molecule has 3 nitrogen and oxygen atoms in total. The molecule has 0 saturated carbocycles. The van der Waals surface area contributed by atoms with Gasteiger partial charge in [0.05, 0.1) is 0 Å². The molecule has 1 aromatic rings. The standard InChI is InChI=1S/C12H18BrNO2/c1-10(9-15)8-14-6-7-16-12-4-2-11(13)3-5-12/h2-5,10,14-15H,6-9H2,1H3. The summed E-state index contributed by atoms with van der Waals surface area (Å²) in [6, 6.07) is 7.77. The van der Waals surface area contributed by atoms with E-state index in [-0.39, 0.29) is 6.61 Å². The van der Waals surface area contributed by atoms with Gasteiger partial charge in [0.1, 0.15) is 12.4 Å². The Kier molecular flexibility index (Phi) is 6.45. The Labute approximate surface area is 105 Å². The van der Waals surface area contributed by atoms with Gasteiger partial charge >= 0.3 is 0 Å². The fourth-order valence-corrected chi connectivity index (χ4v) is 1.45. The van der Waals surface area contributed by atoms with Crippen molar-refractivity contribution in [3.05, 3.63) is 28.7 Å². The third kappa shape index (κ3) is 5.49. The van der Waals surface area contributed by atoms with Crippen LogP contribution >= 0.6 is 15.9 Å². The molecule has 0 radical (unpaired) electrons. The molecule has 0 bridgehead atoms. The van der Waals surface area contributed by atoms with E-state index in [1.165, 1.54) is 0 Å². The van der Waals surface area contributed by atoms with Crippen LogP contribution in [-0.2, 0) is 0 Å². The van der Waals surface area contributed by atoms with Gasteiger partial charge < -0.3 is 15.2 Å². The summed E-state index contributed by atoms with van der Waals surface area (Å²) >= 11 is 3.37. The number of aliphatic hydroxyl groups excluding tert-OH is 1. The quantitative estimate of drug-likeness (QED) is 0.755. The zero-order chi connectivity index (χ0) is 11.8. The first-order valence-corrected chi connectivity index (χ1v) is 6.21. The van der Waals surface area contributed by atoms with E-state index in [9.17, 15) is 0 Å². The van der Waals surface area contributed by atoms with Crippen LogP contribution in [0.5, 0.6) is 5.75 Å². The maximum atomic E-state index is 8.82. The predicted octanol–water partition coefficient (Wildman–Crippen LogP) is 2.05. The van der Waals surface area contributed by atoms with Crippen LogP contribution in [0, 0.1) is 5.92 Å². The number of aliphatic hydroxyl groups is 1. The van der Waals surface area contributed by atoms with Gasteiger partial charge in [-0.3, -0.25) is 0 Å². The molecule has 4 heteroatoms. The van der Waals surface area contributed by atoms with E-state index in [1.54, 1.807) is 0 Å². The minimum atomic E-state index is 0.223. The number of hydrogen-bond acceptors (Lipinski definition) is 3. The van der Waals surface area contributed by atoms with Crippen molar-refractivity contribution in [1.29, 1.82) is 0 Å². The van der Waals surface area contributed by atoms with E-state index >= 15 is 0 Å². The second kappa shape index (κ2) is 7.65. The minimum Gasteiger partial charge on any atom is -0.492 e. The fourth-order valence-electron chi connectivity index (χ4n) is 1.18.